The average Bonchev–Trinajstić information content (AvgIpc) is 3.54. The molecule has 2 aliphatic carbocycles. The van der Waals surface area contributed by atoms with Gasteiger partial charge in [-0.1, -0.05) is 36.2 Å². The van der Waals surface area contributed by atoms with Crippen LogP contribution in [0.25, 0.3) is 11.3 Å². The Morgan fingerprint density at radius 3 is 2.84 bits per heavy atom. The van der Waals surface area contributed by atoms with Gasteiger partial charge in [-0.05, 0) is 87.1 Å². The van der Waals surface area contributed by atoms with Gasteiger partial charge in [0.15, 0.2) is 5.13 Å². The molecule has 2 aromatic carbocycles. The number of fused-ring (bicyclic) bond motifs is 2. The minimum absolute atomic E-state index is 0.00416. The number of anilines is 1. The molecule has 1 unspecified atom stereocenters. The van der Waals surface area contributed by atoms with Gasteiger partial charge in [0.25, 0.3) is 0 Å². The molecular formula is C31H36N2O3S. The van der Waals surface area contributed by atoms with E-state index in [1.165, 1.54) is 54.4 Å². The Hall–Kier alpha value is -2.86. The zero-order chi connectivity index (χ0) is 25.4. The van der Waals surface area contributed by atoms with Crippen LogP contribution in [0.2, 0.25) is 0 Å². The number of aromatic nitrogens is 1. The summed E-state index contributed by atoms with van der Waals surface area (Å²) in [4.78, 5) is 19.8. The Morgan fingerprint density at radius 2 is 2.00 bits per heavy atom. The van der Waals surface area contributed by atoms with Crippen molar-refractivity contribution in [2.45, 2.75) is 65.4 Å². The maximum atomic E-state index is 12.4. The third-order valence-corrected chi connectivity index (χ3v) is 9.31. The molecule has 1 saturated carbocycles. The van der Waals surface area contributed by atoms with Crippen LogP contribution in [0.3, 0.4) is 0 Å². The molecule has 3 aromatic rings. The topological polar surface area (TPSA) is 51.7 Å². The van der Waals surface area contributed by atoms with Crippen LogP contribution >= 0.6 is 11.3 Å². The van der Waals surface area contributed by atoms with E-state index in [9.17, 15) is 4.79 Å². The van der Waals surface area contributed by atoms with Crippen LogP contribution in [-0.4, -0.2) is 30.6 Å². The summed E-state index contributed by atoms with van der Waals surface area (Å²) in [6.45, 7) is 6.73. The minimum atomic E-state index is -0.236. The monoisotopic (exact) mass is 516 g/mol. The first kappa shape index (κ1) is 24.5. The molecule has 1 aromatic heterocycles. The van der Waals surface area contributed by atoms with E-state index >= 15 is 0 Å². The second-order valence-corrected chi connectivity index (χ2v) is 11.8. The first-order valence-corrected chi connectivity index (χ1v) is 14.7. The number of ether oxygens (including phenoxy) is 2. The van der Waals surface area contributed by atoms with Crippen LogP contribution < -0.4 is 9.64 Å². The van der Waals surface area contributed by atoms with Gasteiger partial charge in [0.05, 0.1) is 17.7 Å². The van der Waals surface area contributed by atoms with Crippen LogP contribution in [0, 0.1) is 18.3 Å². The smallest absolute Gasteiger partial charge is 0.312 e. The molecule has 0 bridgehead atoms. The molecule has 0 radical (unpaired) electrons. The molecule has 0 amide bonds. The summed E-state index contributed by atoms with van der Waals surface area (Å²) in [6, 6.07) is 13.2. The SMILES string of the molecule is CCOC(=O)[C@@]12CCN(c3nc(-c4cc(C)ccc4OCc4ccc5c(c4)CCCCC5)cs3)CC1C2. The van der Waals surface area contributed by atoms with Crippen molar-refractivity contribution < 1.29 is 14.3 Å². The summed E-state index contributed by atoms with van der Waals surface area (Å²) in [5.41, 5.74) is 7.19. The Balaban J connectivity index is 1.16. The van der Waals surface area contributed by atoms with Crippen LogP contribution in [-0.2, 0) is 29.0 Å². The number of benzene rings is 2. The zero-order valence-corrected chi connectivity index (χ0v) is 22.7. The predicted molar refractivity (Wildman–Crippen MR) is 148 cm³/mol. The molecule has 1 aliphatic heterocycles. The average molecular weight is 517 g/mol. The molecule has 1 saturated heterocycles. The summed E-state index contributed by atoms with van der Waals surface area (Å²) < 4.78 is 11.8. The highest BCUT2D eigenvalue weighted by atomic mass is 32.1. The highest BCUT2D eigenvalue weighted by Crippen LogP contribution is 2.59. The molecule has 6 heteroatoms. The lowest BCUT2D eigenvalue weighted by Gasteiger charge is -2.30. The van der Waals surface area contributed by atoms with E-state index in [0.29, 0.717) is 19.1 Å². The second kappa shape index (κ2) is 10.1. The van der Waals surface area contributed by atoms with Crippen LogP contribution in [0.4, 0.5) is 5.13 Å². The molecule has 5 nitrogen and oxygen atoms in total. The van der Waals surface area contributed by atoms with Crippen LogP contribution in [0.5, 0.6) is 5.75 Å². The van der Waals surface area contributed by atoms with Gasteiger partial charge in [-0.2, -0.15) is 0 Å². The van der Waals surface area contributed by atoms with Gasteiger partial charge >= 0.3 is 5.97 Å². The predicted octanol–water partition coefficient (Wildman–Crippen LogP) is 6.75. The summed E-state index contributed by atoms with van der Waals surface area (Å²) in [6.07, 6.45) is 8.09. The highest BCUT2D eigenvalue weighted by Gasteiger charge is 2.63. The van der Waals surface area contributed by atoms with Gasteiger partial charge in [-0.3, -0.25) is 4.79 Å². The molecule has 194 valence electrons. The molecule has 37 heavy (non-hydrogen) atoms. The van der Waals surface area contributed by atoms with Crippen molar-refractivity contribution in [1.82, 2.24) is 4.98 Å². The van der Waals surface area contributed by atoms with E-state index in [2.05, 4.69) is 53.6 Å². The lowest BCUT2D eigenvalue weighted by atomic mass is 9.95. The van der Waals surface area contributed by atoms with Crippen molar-refractivity contribution in [3.05, 3.63) is 64.0 Å². The van der Waals surface area contributed by atoms with Crippen molar-refractivity contribution in [2.75, 3.05) is 24.6 Å². The van der Waals surface area contributed by atoms with Crippen LogP contribution in [0.15, 0.2) is 41.8 Å². The Labute approximate surface area is 223 Å². The van der Waals surface area contributed by atoms with Crippen molar-refractivity contribution >= 4 is 22.4 Å². The summed E-state index contributed by atoms with van der Waals surface area (Å²) in [5, 5.41) is 3.16. The minimum Gasteiger partial charge on any atom is -0.488 e. The summed E-state index contributed by atoms with van der Waals surface area (Å²) in [5.74, 6) is 1.25. The largest absolute Gasteiger partial charge is 0.488 e. The summed E-state index contributed by atoms with van der Waals surface area (Å²) in [7, 11) is 0. The maximum absolute atomic E-state index is 12.4. The van der Waals surface area contributed by atoms with E-state index in [4.69, 9.17) is 14.5 Å². The molecule has 0 N–H and O–H groups in total. The van der Waals surface area contributed by atoms with Gasteiger partial charge in [0.1, 0.15) is 12.4 Å². The van der Waals surface area contributed by atoms with E-state index in [0.717, 1.165) is 48.1 Å². The fourth-order valence-electron chi connectivity index (χ4n) is 6.14. The second-order valence-electron chi connectivity index (χ2n) is 10.9. The lowest BCUT2D eigenvalue weighted by Crippen LogP contribution is -2.38. The molecule has 0 spiro atoms. The third-order valence-electron chi connectivity index (χ3n) is 8.41. The molecule has 3 aliphatic rings. The Morgan fingerprint density at radius 1 is 1.14 bits per heavy atom. The quantitative estimate of drug-likeness (QED) is 0.257. The number of esters is 1. The number of thiazole rings is 1. The first-order chi connectivity index (χ1) is 18.1. The standard InChI is InChI=1S/C31H36N2O3S/c1-3-35-29(34)31-13-14-33(18-25(31)17-31)30-32-27(20-37-30)26-15-21(2)9-12-28(26)36-19-22-10-11-23-7-5-4-6-8-24(23)16-22/h9-12,15-16,20,25H,3-8,13-14,17-19H2,1-2H3/t25?,31-/m1/s1. The molecule has 2 fully saturated rings. The van der Waals surface area contributed by atoms with E-state index in [-0.39, 0.29) is 11.4 Å². The lowest BCUT2D eigenvalue weighted by molar-refractivity contribution is -0.150. The highest BCUT2D eigenvalue weighted by molar-refractivity contribution is 7.14. The van der Waals surface area contributed by atoms with Gasteiger partial charge in [0, 0.05) is 24.0 Å². The normalized spacial score (nSPS) is 22.5. The number of piperidine rings is 1. The molecule has 2 heterocycles. The molecule has 2 atom stereocenters. The number of carbonyl (C=O) groups is 1. The van der Waals surface area contributed by atoms with Crippen molar-refractivity contribution in [2.24, 2.45) is 11.3 Å². The van der Waals surface area contributed by atoms with Crippen molar-refractivity contribution in [1.29, 1.82) is 0 Å². The van der Waals surface area contributed by atoms with Crippen molar-refractivity contribution in [3.63, 3.8) is 0 Å². The van der Waals surface area contributed by atoms with Crippen LogP contribution in [0.1, 0.15) is 61.3 Å². The van der Waals surface area contributed by atoms with Gasteiger partial charge < -0.3 is 14.4 Å². The zero-order valence-electron chi connectivity index (χ0n) is 21.9. The first-order valence-electron chi connectivity index (χ1n) is 13.8. The number of carbonyl (C=O) groups excluding carboxylic acids is 1. The number of rotatable bonds is 7. The fourth-order valence-corrected chi connectivity index (χ4v) is 7.00. The number of hydrogen-bond acceptors (Lipinski definition) is 6. The summed E-state index contributed by atoms with van der Waals surface area (Å²) >= 11 is 1.68. The Bertz CT molecular complexity index is 1300. The van der Waals surface area contributed by atoms with Gasteiger partial charge in [-0.15, -0.1) is 11.3 Å². The number of nitrogens with zero attached hydrogens (tertiary/aromatic N) is 2. The number of aryl methyl sites for hydroxylation is 3. The Kier molecular flexibility index (Phi) is 6.70. The van der Waals surface area contributed by atoms with E-state index < -0.39 is 0 Å². The number of hydrogen-bond donors (Lipinski definition) is 0. The molecular weight excluding hydrogens is 480 g/mol. The van der Waals surface area contributed by atoms with Gasteiger partial charge in [0.2, 0.25) is 0 Å². The fraction of sp³-hybridized carbons (Fsp3) is 0.484. The molecule has 6 rings (SSSR count). The van der Waals surface area contributed by atoms with E-state index in [1.807, 2.05) is 6.92 Å². The van der Waals surface area contributed by atoms with Crippen molar-refractivity contribution in [3.8, 4) is 17.0 Å². The maximum Gasteiger partial charge on any atom is 0.312 e. The van der Waals surface area contributed by atoms with E-state index in [1.54, 1.807) is 11.3 Å². The van der Waals surface area contributed by atoms with Gasteiger partial charge in [-0.25, -0.2) is 4.98 Å². The third kappa shape index (κ3) is 4.88.